The zero-order valence-electron chi connectivity index (χ0n) is 20.4. The van der Waals surface area contributed by atoms with Gasteiger partial charge in [-0.3, -0.25) is 9.36 Å². The topological polar surface area (TPSA) is 74.6 Å². The lowest BCUT2D eigenvalue weighted by Gasteiger charge is -2.16. The van der Waals surface area contributed by atoms with E-state index in [0.29, 0.717) is 13.2 Å². The summed E-state index contributed by atoms with van der Waals surface area (Å²) in [6.07, 6.45) is -0.587. The number of para-hydroxylation sites is 2. The molecule has 0 saturated carbocycles. The van der Waals surface area contributed by atoms with Crippen LogP contribution in [0.25, 0.3) is 16.7 Å². The number of ether oxygens (including phenoxy) is 3. The predicted octanol–water partition coefficient (Wildman–Crippen LogP) is 5.48. The zero-order chi connectivity index (χ0) is 24.5. The van der Waals surface area contributed by atoms with Crippen LogP contribution >= 0.6 is 0 Å². The van der Waals surface area contributed by atoms with E-state index < -0.39 is 0 Å². The lowest BCUT2D eigenvalue weighted by molar-refractivity contribution is -0.149. The van der Waals surface area contributed by atoms with Gasteiger partial charge in [-0.05, 0) is 55.3 Å². The monoisotopic (exact) mass is 471 g/mol. The van der Waals surface area contributed by atoms with Gasteiger partial charge in [-0.1, -0.05) is 24.3 Å². The first-order chi connectivity index (χ1) is 17.0. The smallest absolute Gasteiger partial charge is 0.303 e. The fourth-order valence-electron chi connectivity index (χ4n) is 4.71. The number of nitrogens with zero attached hydrogens (tertiary/aromatic N) is 2. The second-order valence-electron chi connectivity index (χ2n) is 8.81. The van der Waals surface area contributed by atoms with Crippen molar-refractivity contribution in [3.63, 3.8) is 0 Å². The third kappa shape index (κ3) is 4.35. The highest BCUT2D eigenvalue weighted by molar-refractivity contribution is 5.78. The van der Waals surface area contributed by atoms with Gasteiger partial charge in [0.2, 0.25) is 0 Å². The summed E-state index contributed by atoms with van der Waals surface area (Å²) in [5, 5.41) is 3.51. The van der Waals surface area contributed by atoms with Crippen LogP contribution in [-0.2, 0) is 27.4 Å². The summed E-state index contributed by atoms with van der Waals surface area (Å²) < 4.78 is 19.0. The second kappa shape index (κ2) is 9.43. The van der Waals surface area contributed by atoms with E-state index in [0.717, 1.165) is 39.5 Å². The minimum absolute atomic E-state index is 0.214. The lowest BCUT2D eigenvalue weighted by atomic mass is 10.1. The minimum atomic E-state index is -0.373. The molecule has 2 atom stereocenters. The van der Waals surface area contributed by atoms with Crippen molar-refractivity contribution in [1.29, 1.82) is 0 Å². The number of nitrogens with one attached hydrogen (secondary N) is 1. The summed E-state index contributed by atoms with van der Waals surface area (Å²) in [6, 6.07) is 20.4. The zero-order valence-corrected chi connectivity index (χ0v) is 20.4. The van der Waals surface area contributed by atoms with Crippen LogP contribution in [0.4, 0.5) is 5.69 Å². The fraction of sp³-hybridized carbons (Fsp3) is 0.286. The molecule has 180 valence electrons. The van der Waals surface area contributed by atoms with Crippen LogP contribution in [0.3, 0.4) is 0 Å². The maximum atomic E-state index is 11.5. The average Bonchev–Trinajstić information content (AvgIpc) is 3.35. The molecular formula is C28H29N3O4. The van der Waals surface area contributed by atoms with E-state index in [1.54, 1.807) is 7.11 Å². The number of imidazole rings is 1. The van der Waals surface area contributed by atoms with Crippen molar-refractivity contribution in [2.75, 3.05) is 12.4 Å². The van der Waals surface area contributed by atoms with Crippen molar-refractivity contribution in [3.8, 4) is 11.4 Å². The molecule has 1 unspecified atom stereocenters. The number of hydrogen-bond acceptors (Lipinski definition) is 6. The lowest BCUT2D eigenvalue weighted by Crippen LogP contribution is -2.18. The molecule has 0 radical (unpaired) electrons. The van der Waals surface area contributed by atoms with Crippen molar-refractivity contribution in [2.24, 2.45) is 0 Å². The van der Waals surface area contributed by atoms with E-state index in [2.05, 4.69) is 41.1 Å². The van der Waals surface area contributed by atoms with Gasteiger partial charge in [0, 0.05) is 37.9 Å². The molecule has 0 fully saturated rings. The van der Waals surface area contributed by atoms with Gasteiger partial charge in [0.1, 0.15) is 24.3 Å². The van der Waals surface area contributed by atoms with Crippen LogP contribution in [0.1, 0.15) is 42.5 Å². The van der Waals surface area contributed by atoms with Crippen LogP contribution in [0.5, 0.6) is 5.75 Å². The van der Waals surface area contributed by atoms with Gasteiger partial charge < -0.3 is 19.5 Å². The Balaban J connectivity index is 1.41. The Bertz CT molecular complexity index is 1390. The molecule has 7 heteroatoms. The number of aromatic nitrogens is 2. The number of rotatable bonds is 7. The third-order valence-corrected chi connectivity index (χ3v) is 6.40. The number of carbonyl (C=O) groups excluding carboxylic acids is 1. The number of hydrogen-bond donors (Lipinski definition) is 1. The van der Waals surface area contributed by atoms with E-state index in [4.69, 9.17) is 19.2 Å². The van der Waals surface area contributed by atoms with Gasteiger partial charge in [-0.25, -0.2) is 4.98 Å². The van der Waals surface area contributed by atoms with Gasteiger partial charge in [0.05, 0.1) is 16.7 Å². The first kappa shape index (κ1) is 22.9. The van der Waals surface area contributed by atoms with Crippen LogP contribution in [0, 0.1) is 6.92 Å². The molecule has 1 aromatic heterocycles. The Labute approximate surface area is 204 Å². The third-order valence-electron chi connectivity index (χ3n) is 6.40. The summed E-state index contributed by atoms with van der Waals surface area (Å²) in [6.45, 7) is 6.54. The van der Waals surface area contributed by atoms with Crippen LogP contribution in [0.2, 0.25) is 0 Å². The first-order valence-electron chi connectivity index (χ1n) is 11.7. The highest BCUT2D eigenvalue weighted by Crippen LogP contribution is 2.40. The summed E-state index contributed by atoms with van der Waals surface area (Å²) in [4.78, 5) is 16.2. The van der Waals surface area contributed by atoms with Crippen molar-refractivity contribution in [3.05, 3.63) is 83.2 Å². The molecule has 1 aliphatic rings. The minimum Gasteiger partial charge on any atom is -0.486 e. The van der Waals surface area contributed by atoms with Crippen molar-refractivity contribution in [2.45, 2.75) is 46.1 Å². The molecule has 0 aliphatic carbocycles. The predicted molar refractivity (Wildman–Crippen MR) is 135 cm³/mol. The Morgan fingerprint density at radius 3 is 2.77 bits per heavy atom. The van der Waals surface area contributed by atoms with E-state index in [-0.39, 0.29) is 18.2 Å². The molecule has 1 aliphatic heterocycles. The highest BCUT2D eigenvalue weighted by Gasteiger charge is 2.33. The second-order valence-corrected chi connectivity index (χ2v) is 8.81. The summed E-state index contributed by atoms with van der Waals surface area (Å²) in [7, 11) is 1.69. The summed E-state index contributed by atoms with van der Waals surface area (Å²) in [5.74, 6) is 1.30. The van der Waals surface area contributed by atoms with Gasteiger partial charge in [-0.2, -0.15) is 0 Å². The van der Waals surface area contributed by atoms with Crippen LogP contribution in [-0.4, -0.2) is 28.7 Å². The molecular weight excluding hydrogens is 442 g/mol. The summed E-state index contributed by atoms with van der Waals surface area (Å²) >= 11 is 0. The van der Waals surface area contributed by atoms with Gasteiger partial charge >= 0.3 is 5.97 Å². The number of benzene rings is 3. The van der Waals surface area contributed by atoms with E-state index in [9.17, 15) is 4.79 Å². The van der Waals surface area contributed by atoms with Crippen molar-refractivity contribution in [1.82, 2.24) is 9.55 Å². The molecule has 0 saturated heterocycles. The Hall–Kier alpha value is -3.84. The van der Waals surface area contributed by atoms with E-state index >= 15 is 0 Å². The number of fused-ring (bicyclic) bond motifs is 2. The number of carbonyl (C=O) groups is 1. The van der Waals surface area contributed by atoms with E-state index in [1.165, 1.54) is 18.1 Å². The molecule has 0 bridgehead atoms. The molecule has 0 amide bonds. The van der Waals surface area contributed by atoms with Crippen LogP contribution in [0.15, 0.2) is 60.7 Å². The Kier molecular flexibility index (Phi) is 6.17. The van der Waals surface area contributed by atoms with Gasteiger partial charge in [0.15, 0.2) is 6.10 Å². The summed E-state index contributed by atoms with van der Waals surface area (Å²) in [5.41, 5.74) is 7.27. The number of esters is 1. The maximum Gasteiger partial charge on any atom is 0.303 e. The molecule has 35 heavy (non-hydrogen) atoms. The largest absolute Gasteiger partial charge is 0.486 e. The normalized spacial score (nSPS) is 16.7. The number of methoxy groups -OCH3 is 1. The van der Waals surface area contributed by atoms with Crippen molar-refractivity contribution < 1.29 is 19.0 Å². The molecule has 5 rings (SSSR count). The Morgan fingerprint density at radius 2 is 1.97 bits per heavy atom. The SMILES string of the molecule is COCc1nc2ccccc2n1-c1cccc(CNc2ccc3c(c2)OC(C)[C@H]3OC(C)=O)c1C. The molecule has 0 spiro atoms. The molecule has 7 nitrogen and oxygen atoms in total. The fourth-order valence-corrected chi connectivity index (χ4v) is 4.71. The Morgan fingerprint density at radius 1 is 1.14 bits per heavy atom. The first-order valence-corrected chi connectivity index (χ1v) is 11.7. The van der Waals surface area contributed by atoms with Gasteiger partial charge in [0.25, 0.3) is 0 Å². The standard InChI is InChI=1S/C28H29N3O4/c1-17-20(15-29-21-12-13-22-26(14-21)34-18(2)28(22)35-19(3)32)8-7-11-24(17)31-25-10-6-5-9-23(25)30-27(31)16-33-4/h5-14,18,28-29H,15-16H2,1-4H3/t18?,28-/m1/s1. The highest BCUT2D eigenvalue weighted by atomic mass is 16.6. The average molecular weight is 472 g/mol. The van der Waals surface area contributed by atoms with Crippen molar-refractivity contribution >= 4 is 22.7 Å². The van der Waals surface area contributed by atoms with E-state index in [1.807, 2.05) is 43.3 Å². The maximum absolute atomic E-state index is 11.5. The molecule has 4 aromatic rings. The van der Waals surface area contributed by atoms with Gasteiger partial charge in [-0.15, -0.1) is 0 Å². The van der Waals surface area contributed by atoms with Crippen LogP contribution < -0.4 is 10.1 Å². The number of anilines is 1. The molecule has 1 N–H and O–H groups in total. The molecule has 3 aromatic carbocycles. The quantitative estimate of drug-likeness (QED) is 0.360. The molecule has 2 heterocycles.